The fraction of sp³-hybridized carbons (Fsp3) is 0.273. The molecule has 0 aliphatic carbocycles. The van der Waals surface area contributed by atoms with Crippen molar-refractivity contribution in [3.63, 3.8) is 0 Å². The summed E-state index contributed by atoms with van der Waals surface area (Å²) in [6.07, 6.45) is 5.40. The van der Waals surface area contributed by atoms with E-state index in [1.54, 1.807) is 28.0 Å². The van der Waals surface area contributed by atoms with Crippen molar-refractivity contribution in [2.24, 2.45) is 7.05 Å². The van der Waals surface area contributed by atoms with E-state index < -0.39 is 0 Å². The van der Waals surface area contributed by atoms with Crippen LogP contribution < -0.4 is 11.1 Å². The van der Waals surface area contributed by atoms with E-state index >= 15 is 0 Å². The summed E-state index contributed by atoms with van der Waals surface area (Å²) in [5.74, 6) is -0.164. The maximum absolute atomic E-state index is 12.8. The fourth-order valence-electron chi connectivity index (χ4n) is 3.50. The SMILES string of the molecule is Cn1cc(-c2cnc(N)c(C(=O)N[C@@H]3CCN(C(=O)OCc4ccccc4)C3)c2)cn1. The lowest BCUT2D eigenvalue weighted by molar-refractivity contribution is 0.0922. The molecule has 0 bridgehead atoms. The van der Waals surface area contributed by atoms with Gasteiger partial charge in [0.25, 0.3) is 5.91 Å². The molecule has 1 aromatic carbocycles. The van der Waals surface area contributed by atoms with Gasteiger partial charge in [0.1, 0.15) is 12.4 Å². The first kappa shape index (κ1) is 20.4. The number of rotatable bonds is 5. The molecule has 31 heavy (non-hydrogen) atoms. The van der Waals surface area contributed by atoms with E-state index in [1.165, 1.54) is 0 Å². The van der Waals surface area contributed by atoms with Crippen LogP contribution >= 0.6 is 0 Å². The topological polar surface area (TPSA) is 115 Å². The van der Waals surface area contributed by atoms with Gasteiger partial charge in [-0.15, -0.1) is 0 Å². The van der Waals surface area contributed by atoms with Crippen molar-refractivity contribution in [2.45, 2.75) is 19.1 Å². The van der Waals surface area contributed by atoms with Gasteiger partial charge < -0.3 is 20.7 Å². The molecule has 4 rings (SSSR count). The predicted molar refractivity (Wildman–Crippen MR) is 115 cm³/mol. The third-order valence-electron chi connectivity index (χ3n) is 5.19. The summed E-state index contributed by atoms with van der Waals surface area (Å²) in [7, 11) is 1.82. The van der Waals surface area contributed by atoms with E-state index in [9.17, 15) is 9.59 Å². The first-order valence-electron chi connectivity index (χ1n) is 10.0. The van der Waals surface area contributed by atoms with Gasteiger partial charge in [-0.25, -0.2) is 9.78 Å². The monoisotopic (exact) mass is 420 g/mol. The second kappa shape index (κ2) is 8.86. The molecule has 9 heteroatoms. The summed E-state index contributed by atoms with van der Waals surface area (Å²) >= 11 is 0. The Kier molecular flexibility index (Phi) is 5.83. The second-order valence-corrected chi connectivity index (χ2v) is 7.50. The highest BCUT2D eigenvalue weighted by Crippen LogP contribution is 2.22. The maximum atomic E-state index is 12.8. The van der Waals surface area contributed by atoms with Gasteiger partial charge in [-0.05, 0) is 18.1 Å². The fourth-order valence-corrected chi connectivity index (χ4v) is 3.50. The first-order chi connectivity index (χ1) is 15.0. The third kappa shape index (κ3) is 4.82. The number of anilines is 1. The molecule has 0 spiro atoms. The summed E-state index contributed by atoms with van der Waals surface area (Å²) in [6, 6.07) is 11.0. The Morgan fingerprint density at radius 3 is 2.77 bits per heavy atom. The highest BCUT2D eigenvalue weighted by molar-refractivity contribution is 5.99. The van der Waals surface area contributed by atoms with Crippen LogP contribution in [0.15, 0.2) is 55.0 Å². The molecule has 2 amide bonds. The van der Waals surface area contributed by atoms with Crippen LogP contribution in [0.3, 0.4) is 0 Å². The third-order valence-corrected chi connectivity index (χ3v) is 5.19. The molecule has 0 saturated carbocycles. The maximum Gasteiger partial charge on any atom is 0.410 e. The number of likely N-dealkylation sites (tertiary alicyclic amines) is 1. The number of aryl methyl sites for hydroxylation is 1. The van der Waals surface area contributed by atoms with Crippen LogP contribution in [0.2, 0.25) is 0 Å². The van der Waals surface area contributed by atoms with Crippen LogP contribution in [0.25, 0.3) is 11.1 Å². The lowest BCUT2D eigenvalue weighted by Crippen LogP contribution is -2.39. The number of nitrogens with one attached hydrogen (secondary N) is 1. The van der Waals surface area contributed by atoms with Crippen molar-refractivity contribution < 1.29 is 14.3 Å². The van der Waals surface area contributed by atoms with Gasteiger partial charge in [0.2, 0.25) is 0 Å². The van der Waals surface area contributed by atoms with Gasteiger partial charge >= 0.3 is 6.09 Å². The van der Waals surface area contributed by atoms with Gasteiger partial charge in [0.05, 0.1) is 11.8 Å². The molecule has 1 saturated heterocycles. The van der Waals surface area contributed by atoms with Crippen molar-refractivity contribution in [2.75, 3.05) is 18.8 Å². The standard InChI is InChI=1S/C22H24N6O3/c1-27-12-17(11-25-27)16-9-19(20(23)24-10-16)21(29)26-18-7-8-28(13-18)22(30)31-14-15-5-3-2-4-6-15/h2-6,9-12,18H,7-8,13-14H2,1H3,(H2,23,24)(H,26,29)/t18-/m1/s1. The summed E-state index contributed by atoms with van der Waals surface area (Å²) < 4.78 is 7.05. The quantitative estimate of drug-likeness (QED) is 0.654. The molecule has 3 heterocycles. The zero-order valence-electron chi connectivity index (χ0n) is 17.2. The van der Waals surface area contributed by atoms with Gasteiger partial charge in [-0.3, -0.25) is 9.48 Å². The van der Waals surface area contributed by atoms with Gasteiger partial charge in [0.15, 0.2) is 0 Å². The number of carbonyl (C=O) groups excluding carboxylic acids is 2. The number of hydrogen-bond donors (Lipinski definition) is 2. The minimum Gasteiger partial charge on any atom is -0.445 e. The normalized spacial score (nSPS) is 15.6. The van der Waals surface area contributed by atoms with Crippen LogP contribution in [0, 0.1) is 0 Å². The molecule has 9 nitrogen and oxygen atoms in total. The molecular weight excluding hydrogens is 396 g/mol. The van der Waals surface area contributed by atoms with E-state index in [4.69, 9.17) is 10.5 Å². The van der Waals surface area contributed by atoms with E-state index in [0.29, 0.717) is 25.1 Å². The first-order valence-corrected chi connectivity index (χ1v) is 10.0. The van der Waals surface area contributed by atoms with Gasteiger partial charge in [0, 0.05) is 49.7 Å². The predicted octanol–water partition coefficient (Wildman–Crippen LogP) is 2.21. The Balaban J connectivity index is 1.34. The molecule has 1 aliphatic heterocycles. The Bertz CT molecular complexity index is 1080. The van der Waals surface area contributed by atoms with E-state index in [2.05, 4.69) is 15.4 Å². The number of hydrogen-bond acceptors (Lipinski definition) is 6. The summed E-state index contributed by atoms with van der Waals surface area (Å²) in [4.78, 5) is 30.9. The van der Waals surface area contributed by atoms with Crippen molar-refractivity contribution in [1.82, 2.24) is 25.0 Å². The lowest BCUT2D eigenvalue weighted by atomic mass is 10.1. The van der Waals surface area contributed by atoms with Gasteiger partial charge in [-0.2, -0.15) is 5.10 Å². The lowest BCUT2D eigenvalue weighted by Gasteiger charge is -2.17. The summed E-state index contributed by atoms with van der Waals surface area (Å²) in [6.45, 7) is 1.12. The highest BCUT2D eigenvalue weighted by atomic mass is 16.6. The Labute approximate surface area is 179 Å². The zero-order valence-corrected chi connectivity index (χ0v) is 17.2. The molecule has 3 N–H and O–H groups in total. The second-order valence-electron chi connectivity index (χ2n) is 7.50. The summed E-state index contributed by atoms with van der Waals surface area (Å²) in [5, 5.41) is 7.09. The van der Waals surface area contributed by atoms with Gasteiger partial charge in [-0.1, -0.05) is 30.3 Å². The number of nitrogens with zero attached hydrogens (tertiary/aromatic N) is 4. The number of amides is 2. The molecule has 1 aliphatic rings. The average molecular weight is 420 g/mol. The minimum absolute atomic E-state index is 0.155. The van der Waals surface area contributed by atoms with E-state index in [1.807, 2.05) is 43.6 Å². The molecule has 2 aromatic heterocycles. The Morgan fingerprint density at radius 1 is 1.23 bits per heavy atom. The number of aromatic nitrogens is 3. The zero-order chi connectivity index (χ0) is 21.8. The van der Waals surface area contributed by atoms with Crippen molar-refractivity contribution >= 4 is 17.8 Å². The molecule has 1 atom stereocenters. The average Bonchev–Trinajstić information content (AvgIpc) is 3.42. The van der Waals surface area contributed by atoms with E-state index in [-0.39, 0.29) is 30.5 Å². The van der Waals surface area contributed by atoms with Crippen LogP contribution in [0.1, 0.15) is 22.3 Å². The molecule has 0 unspecified atom stereocenters. The van der Waals surface area contributed by atoms with Crippen LogP contribution in [-0.2, 0) is 18.4 Å². The Hall–Kier alpha value is -3.88. The van der Waals surface area contributed by atoms with Crippen molar-refractivity contribution in [1.29, 1.82) is 0 Å². The van der Waals surface area contributed by atoms with Crippen LogP contribution in [0.4, 0.5) is 10.6 Å². The number of nitrogen functional groups attached to an aromatic ring is 1. The number of pyridine rings is 1. The number of ether oxygens (including phenoxy) is 1. The number of nitrogens with two attached hydrogens (primary N) is 1. The highest BCUT2D eigenvalue weighted by Gasteiger charge is 2.29. The van der Waals surface area contributed by atoms with Crippen molar-refractivity contribution in [3.8, 4) is 11.1 Å². The number of benzene rings is 1. The van der Waals surface area contributed by atoms with Crippen LogP contribution in [-0.4, -0.2) is 50.8 Å². The molecule has 160 valence electrons. The molecule has 3 aromatic rings. The number of carbonyl (C=O) groups is 2. The molecular formula is C22H24N6O3. The Morgan fingerprint density at radius 2 is 2.03 bits per heavy atom. The molecule has 0 radical (unpaired) electrons. The van der Waals surface area contributed by atoms with E-state index in [0.717, 1.165) is 16.7 Å². The minimum atomic E-state index is -0.389. The largest absolute Gasteiger partial charge is 0.445 e. The summed E-state index contributed by atoms with van der Waals surface area (Å²) in [5.41, 5.74) is 8.77. The molecule has 1 fully saturated rings. The van der Waals surface area contributed by atoms with Crippen LogP contribution in [0.5, 0.6) is 0 Å². The van der Waals surface area contributed by atoms with Crippen molar-refractivity contribution in [3.05, 3.63) is 66.1 Å². The smallest absolute Gasteiger partial charge is 0.410 e.